The van der Waals surface area contributed by atoms with Crippen molar-refractivity contribution in [2.75, 3.05) is 5.32 Å². The van der Waals surface area contributed by atoms with Crippen molar-refractivity contribution in [2.24, 2.45) is 0 Å². The second-order valence-electron chi connectivity index (χ2n) is 8.04. The second kappa shape index (κ2) is 10.7. The van der Waals surface area contributed by atoms with Gasteiger partial charge < -0.3 is 16.0 Å². The number of alkyl halides is 3. The number of anilines is 1. The summed E-state index contributed by atoms with van der Waals surface area (Å²) in [4.78, 5) is 16.3. The minimum atomic E-state index is -4.58. The summed E-state index contributed by atoms with van der Waals surface area (Å²) in [6.45, 7) is 0. The molecule has 1 fully saturated rings. The third-order valence-corrected chi connectivity index (χ3v) is 5.87. The van der Waals surface area contributed by atoms with Gasteiger partial charge in [0, 0.05) is 50.4 Å². The third-order valence-electron chi connectivity index (χ3n) is 5.64. The van der Waals surface area contributed by atoms with Gasteiger partial charge in [-0.2, -0.15) is 13.2 Å². The number of benzene rings is 2. The van der Waals surface area contributed by atoms with E-state index in [1.165, 1.54) is 12.1 Å². The van der Waals surface area contributed by atoms with E-state index in [-0.39, 0.29) is 39.8 Å². The molecule has 182 valence electrons. The molecule has 0 unspecified atom stereocenters. The fourth-order valence-corrected chi connectivity index (χ4v) is 4.24. The molecule has 0 radical (unpaired) electrons. The van der Waals surface area contributed by atoms with Crippen molar-refractivity contribution >= 4 is 39.8 Å². The minimum Gasteiger partial charge on any atom is -0.382 e. The first-order chi connectivity index (χ1) is 15.7. The van der Waals surface area contributed by atoms with Gasteiger partial charge in [0.05, 0.1) is 5.52 Å². The number of hydrogen-bond donors (Lipinski definition) is 3. The molecule has 1 aliphatic rings. The van der Waals surface area contributed by atoms with E-state index in [2.05, 4.69) is 21.7 Å². The molecule has 3 N–H and O–H groups in total. The van der Waals surface area contributed by atoms with Crippen molar-refractivity contribution in [3.63, 3.8) is 0 Å². The van der Waals surface area contributed by atoms with Gasteiger partial charge in [0.2, 0.25) is 5.91 Å². The molecule has 0 spiro atoms. The Kier molecular flexibility index (Phi) is 8.21. The van der Waals surface area contributed by atoms with E-state index in [0.717, 1.165) is 25.3 Å². The number of halogens is 4. The van der Waals surface area contributed by atoms with Crippen LogP contribution < -0.4 is 10.6 Å². The Bertz CT molecular complexity index is 1190. The van der Waals surface area contributed by atoms with E-state index in [1.54, 1.807) is 30.3 Å². The molecule has 0 saturated heterocycles. The maximum absolute atomic E-state index is 13.4. The zero-order valence-electron chi connectivity index (χ0n) is 17.8. The van der Waals surface area contributed by atoms with Crippen molar-refractivity contribution in [1.29, 1.82) is 5.41 Å². The smallest absolute Gasteiger partial charge is 0.382 e. The molecule has 2 aromatic carbocycles. The Balaban J connectivity index is 0.00000324. The Morgan fingerprint density at radius 1 is 1.15 bits per heavy atom. The number of aromatic nitrogens is 1. The van der Waals surface area contributed by atoms with Crippen molar-refractivity contribution < 1.29 is 34.5 Å². The molecule has 34 heavy (non-hydrogen) atoms. The fourth-order valence-electron chi connectivity index (χ4n) is 4.06. The Morgan fingerprint density at radius 3 is 2.62 bits per heavy atom. The van der Waals surface area contributed by atoms with Gasteiger partial charge >= 0.3 is 6.18 Å². The number of carbonyl (C=O) groups is 1. The van der Waals surface area contributed by atoms with Gasteiger partial charge in [-0.15, -0.1) is 35.9 Å². The fraction of sp³-hybridized carbons (Fsp3) is 0.292. The van der Waals surface area contributed by atoms with Crippen molar-refractivity contribution in [3.05, 3.63) is 70.9 Å². The SMILES string of the molecule is N=C(C(=O)N[C@@H]1CCC[C@H](Nc2cc(C(F)(F)F)nc3ccc(Cl)cc23)C1)c1[c-]cccc1.[Ni]. The van der Waals surface area contributed by atoms with E-state index in [4.69, 9.17) is 17.0 Å². The average Bonchev–Trinajstić information content (AvgIpc) is 2.79. The van der Waals surface area contributed by atoms with Crippen LogP contribution in [-0.2, 0) is 27.5 Å². The maximum atomic E-state index is 13.4. The summed E-state index contributed by atoms with van der Waals surface area (Å²) in [6.07, 6.45) is -1.82. The average molecular weight is 533 g/mol. The summed E-state index contributed by atoms with van der Waals surface area (Å²) in [5, 5.41) is 15.1. The van der Waals surface area contributed by atoms with E-state index in [0.29, 0.717) is 28.1 Å². The predicted octanol–water partition coefficient (Wildman–Crippen LogP) is 5.61. The van der Waals surface area contributed by atoms with Crippen LogP contribution >= 0.6 is 11.6 Å². The minimum absolute atomic E-state index is 0. The molecule has 3 aromatic rings. The van der Waals surface area contributed by atoms with E-state index < -0.39 is 17.8 Å². The normalized spacial score (nSPS) is 18.1. The number of hydrogen-bond acceptors (Lipinski definition) is 4. The van der Waals surface area contributed by atoms with Crippen LogP contribution in [0.1, 0.15) is 36.9 Å². The summed E-state index contributed by atoms with van der Waals surface area (Å²) >= 11 is 6.08. The zero-order chi connectivity index (χ0) is 23.6. The monoisotopic (exact) mass is 531 g/mol. The molecule has 2 atom stereocenters. The van der Waals surface area contributed by atoms with E-state index in [1.807, 2.05) is 0 Å². The van der Waals surface area contributed by atoms with E-state index >= 15 is 0 Å². The van der Waals surface area contributed by atoms with Gasteiger partial charge in [-0.25, -0.2) is 4.98 Å². The third kappa shape index (κ3) is 6.07. The van der Waals surface area contributed by atoms with Crippen LogP contribution in [0.15, 0.2) is 48.5 Å². The predicted molar refractivity (Wildman–Crippen MR) is 122 cm³/mol. The number of nitrogens with zero attached hydrogens (tertiary/aromatic N) is 1. The second-order valence-corrected chi connectivity index (χ2v) is 8.48. The Morgan fingerprint density at radius 2 is 1.91 bits per heavy atom. The molecule has 1 amide bonds. The van der Waals surface area contributed by atoms with Gasteiger partial charge in [-0.3, -0.25) is 4.79 Å². The quantitative estimate of drug-likeness (QED) is 0.227. The summed E-state index contributed by atoms with van der Waals surface area (Å²) in [5.41, 5.74) is -0.244. The van der Waals surface area contributed by atoms with Crippen molar-refractivity contribution in [2.45, 2.75) is 43.9 Å². The van der Waals surface area contributed by atoms with Crippen LogP contribution in [0.5, 0.6) is 0 Å². The van der Waals surface area contributed by atoms with Crippen LogP contribution in [0.4, 0.5) is 18.9 Å². The number of amides is 1. The molecule has 1 saturated carbocycles. The molecule has 1 heterocycles. The summed E-state index contributed by atoms with van der Waals surface area (Å²) in [7, 11) is 0. The Labute approximate surface area is 209 Å². The number of rotatable bonds is 5. The maximum Gasteiger partial charge on any atom is 0.433 e. The molecule has 1 aliphatic carbocycles. The van der Waals surface area contributed by atoms with Crippen LogP contribution in [0.2, 0.25) is 5.02 Å². The largest absolute Gasteiger partial charge is 0.433 e. The molecular formula is C24H21ClF3N4NiO-. The van der Waals surface area contributed by atoms with Crippen LogP contribution in [0, 0.1) is 11.5 Å². The van der Waals surface area contributed by atoms with Crippen molar-refractivity contribution in [1.82, 2.24) is 10.3 Å². The summed E-state index contributed by atoms with van der Waals surface area (Å²) in [6, 6.07) is 14.8. The summed E-state index contributed by atoms with van der Waals surface area (Å²) in [5.74, 6) is -0.497. The molecule has 5 nitrogen and oxygen atoms in total. The molecular weight excluding hydrogens is 511 g/mol. The summed E-state index contributed by atoms with van der Waals surface area (Å²) < 4.78 is 40.2. The standard InChI is InChI=1S/C24H21ClF3N4O.Ni/c25-15-9-10-19-18(11-15)20(13-21(32-19)24(26,27)28)30-16-7-4-8-17(12-16)31-23(33)22(29)14-5-2-1-3-6-14;/h1-3,5,9-11,13,16-17,29H,4,7-8,12H2,(H,30,32)(H,31,33);/q-1;/t16-,17+;/m0./s1. The van der Waals surface area contributed by atoms with Crippen LogP contribution in [0.3, 0.4) is 0 Å². The molecule has 0 bridgehead atoms. The Hall–Kier alpha value is -2.64. The van der Waals surface area contributed by atoms with E-state index in [9.17, 15) is 18.0 Å². The number of pyridine rings is 1. The number of fused-ring (bicyclic) bond motifs is 1. The molecule has 10 heteroatoms. The van der Waals surface area contributed by atoms with Gasteiger partial charge in [-0.05, 0) is 49.9 Å². The molecule has 4 rings (SSSR count). The first-order valence-corrected chi connectivity index (χ1v) is 10.9. The zero-order valence-corrected chi connectivity index (χ0v) is 19.5. The molecule has 0 aliphatic heterocycles. The topological polar surface area (TPSA) is 77.9 Å². The number of nitrogens with one attached hydrogen (secondary N) is 3. The number of carbonyl (C=O) groups excluding carboxylic acids is 1. The van der Waals surface area contributed by atoms with Crippen LogP contribution in [0.25, 0.3) is 10.9 Å². The van der Waals surface area contributed by atoms with Crippen LogP contribution in [-0.4, -0.2) is 28.7 Å². The first-order valence-electron chi connectivity index (χ1n) is 10.5. The van der Waals surface area contributed by atoms with Gasteiger partial charge in [-0.1, -0.05) is 11.6 Å². The van der Waals surface area contributed by atoms with Gasteiger partial charge in [0.1, 0.15) is 5.69 Å². The molecule has 1 aromatic heterocycles. The first kappa shape index (κ1) is 26.0. The van der Waals surface area contributed by atoms with Crippen molar-refractivity contribution in [3.8, 4) is 0 Å². The van der Waals surface area contributed by atoms with Gasteiger partial charge in [0.15, 0.2) is 0 Å². The van der Waals surface area contributed by atoms with Gasteiger partial charge in [0.25, 0.3) is 0 Å².